The van der Waals surface area contributed by atoms with E-state index in [1.807, 2.05) is 0 Å². The predicted octanol–water partition coefficient (Wildman–Crippen LogP) is 3.52. The van der Waals surface area contributed by atoms with Gasteiger partial charge in [-0.05, 0) is 34.2 Å². The summed E-state index contributed by atoms with van der Waals surface area (Å²) >= 11 is 6.33. The zero-order valence-electron chi connectivity index (χ0n) is 21.6. The second kappa shape index (κ2) is 11.1. The molecule has 17 heteroatoms. The van der Waals surface area contributed by atoms with Crippen LogP contribution in [0.15, 0.2) is 84.0 Å². The number of benzene rings is 3. The second-order valence-electron chi connectivity index (χ2n) is 9.23. The summed E-state index contributed by atoms with van der Waals surface area (Å²) in [4.78, 5) is 18.3. The first-order valence-electron chi connectivity index (χ1n) is 12.2. The minimum Gasteiger partial charge on any atom is -0.384 e. The van der Waals surface area contributed by atoms with Gasteiger partial charge in [0.25, 0.3) is 15.7 Å². The first-order valence-corrected chi connectivity index (χ1v) is 14.0. The van der Waals surface area contributed by atoms with E-state index in [9.17, 15) is 26.4 Å². The summed E-state index contributed by atoms with van der Waals surface area (Å²) in [6.07, 6.45) is 2.58. The van der Waals surface area contributed by atoms with Gasteiger partial charge in [-0.15, -0.1) is 5.10 Å². The number of hydrogen-bond acceptors (Lipinski definition) is 9. The number of amidine groups is 1. The Morgan fingerprint density at radius 1 is 1.12 bits per heavy atom. The molecule has 0 fully saturated rings. The number of aromatic nitrogens is 4. The molecule has 222 valence electrons. The lowest BCUT2D eigenvalue weighted by atomic mass is 9.98. The van der Waals surface area contributed by atoms with Crippen molar-refractivity contribution in [3.05, 3.63) is 95.3 Å². The van der Waals surface area contributed by atoms with Gasteiger partial charge < -0.3 is 11.1 Å². The molecule has 5 rings (SSSR count). The van der Waals surface area contributed by atoms with Crippen molar-refractivity contribution in [2.24, 2.45) is 5.73 Å². The number of nitrogen functional groups attached to an aromatic ring is 1. The van der Waals surface area contributed by atoms with Crippen molar-refractivity contribution >= 4 is 44.6 Å². The number of rotatable bonds is 8. The lowest BCUT2D eigenvalue weighted by molar-refractivity contribution is -0.140. The Bertz CT molecular complexity index is 1850. The minimum atomic E-state index is -5.97. The molecule has 2 heterocycles. The van der Waals surface area contributed by atoms with E-state index in [1.54, 1.807) is 30.3 Å². The molecule has 12 nitrogen and oxygen atoms in total. The van der Waals surface area contributed by atoms with Gasteiger partial charge in [0.05, 0.1) is 23.0 Å². The number of amides is 1. The van der Waals surface area contributed by atoms with Gasteiger partial charge in [0.1, 0.15) is 17.1 Å². The summed E-state index contributed by atoms with van der Waals surface area (Å²) in [7, 11) is -5.97. The molecule has 1 aliphatic rings. The van der Waals surface area contributed by atoms with Crippen LogP contribution in [0.3, 0.4) is 0 Å². The monoisotopic (exact) mass is 632 g/mol. The van der Waals surface area contributed by atoms with E-state index in [0.29, 0.717) is 11.1 Å². The van der Waals surface area contributed by atoms with Crippen molar-refractivity contribution < 1.29 is 31.2 Å². The highest BCUT2D eigenvalue weighted by Crippen LogP contribution is 2.44. The highest BCUT2D eigenvalue weighted by atomic mass is 35.5. The minimum absolute atomic E-state index is 0.156. The highest BCUT2D eigenvalue weighted by Gasteiger charge is 2.50. The number of nitrogens with zero attached hydrogens (tertiary/aromatic N) is 4. The molecule has 1 amide bonds. The molecule has 43 heavy (non-hydrogen) atoms. The van der Waals surface area contributed by atoms with Crippen molar-refractivity contribution in [2.45, 2.75) is 22.5 Å². The predicted molar refractivity (Wildman–Crippen MR) is 149 cm³/mol. The zero-order valence-corrected chi connectivity index (χ0v) is 23.2. The summed E-state index contributed by atoms with van der Waals surface area (Å²) in [6, 6.07) is 16.3. The lowest BCUT2D eigenvalue weighted by Gasteiger charge is -2.25. The largest absolute Gasteiger partial charge is 0.501 e. The highest BCUT2D eigenvalue weighted by molar-refractivity contribution is 7.92. The van der Waals surface area contributed by atoms with E-state index in [-0.39, 0.29) is 29.2 Å². The molecule has 0 aliphatic carbocycles. The number of halogens is 4. The first kappa shape index (κ1) is 29.7. The van der Waals surface area contributed by atoms with E-state index >= 15 is 0 Å². The first-order chi connectivity index (χ1) is 20.3. The fraction of sp³-hybridized carbons (Fsp3) is 0.115. The summed E-state index contributed by atoms with van der Waals surface area (Å²) in [5, 5.41) is 20.1. The van der Waals surface area contributed by atoms with Crippen LogP contribution in [0.5, 0.6) is 0 Å². The van der Waals surface area contributed by atoms with Crippen molar-refractivity contribution in [3.63, 3.8) is 0 Å². The number of anilines is 1. The van der Waals surface area contributed by atoms with Crippen molar-refractivity contribution in [1.29, 1.82) is 5.41 Å². The Morgan fingerprint density at radius 2 is 1.84 bits per heavy atom. The van der Waals surface area contributed by atoms with Crippen LogP contribution in [0.4, 0.5) is 18.9 Å². The lowest BCUT2D eigenvalue weighted by Crippen LogP contribution is -2.47. The van der Waals surface area contributed by atoms with Crippen LogP contribution in [0, 0.1) is 5.41 Å². The molecule has 1 aromatic heterocycles. The number of tetrazole rings is 1. The third-order valence-electron chi connectivity index (χ3n) is 6.38. The number of nitrogens with two attached hydrogens (primary N) is 1. The van der Waals surface area contributed by atoms with E-state index in [4.69, 9.17) is 27.6 Å². The molecular weight excluding hydrogens is 613 g/mol. The van der Waals surface area contributed by atoms with Gasteiger partial charge in [-0.25, -0.2) is 13.1 Å². The van der Waals surface area contributed by atoms with Gasteiger partial charge in [-0.2, -0.15) is 13.2 Å². The van der Waals surface area contributed by atoms with Gasteiger partial charge >= 0.3 is 5.51 Å². The van der Waals surface area contributed by atoms with Crippen LogP contribution >= 0.6 is 11.6 Å². The summed E-state index contributed by atoms with van der Waals surface area (Å²) in [6.45, 7) is -0.317. The average Bonchev–Trinajstić information content (AvgIpc) is 3.65. The molecule has 1 atom stereocenters. The SMILES string of the molecule is N=C(N)c1cccc(C2=CC(Cn3cnnn3)(C(=O)Nc3ccc(-c4ccccc4)c(S(=O)(=O)C(F)(F)F)c3Cl)ON2)c1. The molecule has 0 radical (unpaired) electrons. The molecule has 0 bridgehead atoms. The molecule has 0 saturated carbocycles. The van der Waals surface area contributed by atoms with E-state index in [1.165, 1.54) is 47.4 Å². The number of carbonyl (C=O) groups is 1. The molecule has 4 aromatic rings. The average molecular weight is 633 g/mol. The summed E-state index contributed by atoms with van der Waals surface area (Å²) in [5.41, 5.74) is 1.22. The van der Waals surface area contributed by atoms with Crippen molar-refractivity contribution in [1.82, 2.24) is 25.7 Å². The van der Waals surface area contributed by atoms with Crippen molar-refractivity contribution in [3.8, 4) is 11.1 Å². The van der Waals surface area contributed by atoms with Crippen LogP contribution < -0.4 is 16.5 Å². The van der Waals surface area contributed by atoms with Crippen LogP contribution in [0.2, 0.25) is 5.02 Å². The van der Waals surface area contributed by atoms with E-state index in [2.05, 4.69) is 26.3 Å². The molecular formula is C26H20ClF3N8O4S. The van der Waals surface area contributed by atoms with Gasteiger partial charge in [0.15, 0.2) is 0 Å². The Labute approximate surface area is 246 Å². The third kappa shape index (κ3) is 5.67. The van der Waals surface area contributed by atoms with E-state index in [0.717, 1.165) is 6.07 Å². The Morgan fingerprint density at radius 3 is 2.49 bits per heavy atom. The number of alkyl halides is 3. The maximum Gasteiger partial charge on any atom is 0.501 e. The standard InChI is InChI=1S/C26H20ClF3N8O4S/c27-21-19(10-9-18(15-5-2-1-3-6-15)22(21)43(40,41)26(28,29)30)34-24(39)25(13-38-14-33-36-37-38)12-20(35-42-25)16-7-4-8-17(11-16)23(31)32/h1-12,14,35H,13H2,(H3,31,32)(H,34,39). The molecule has 3 aromatic carbocycles. The van der Waals surface area contributed by atoms with Crippen LogP contribution in [0.1, 0.15) is 11.1 Å². The maximum absolute atomic E-state index is 13.8. The van der Waals surface area contributed by atoms with Gasteiger partial charge in [-0.3, -0.25) is 20.5 Å². The molecule has 0 spiro atoms. The molecule has 5 N–H and O–H groups in total. The summed E-state index contributed by atoms with van der Waals surface area (Å²) in [5.74, 6) is -1.14. The van der Waals surface area contributed by atoms with Gasteiger partial charge in [0.2, 0.25) is 5.60 Å². The summed E-state index contributed by atoms with van der Waals surface area (Å²) < 4.78 is 67.9. The molecule has 1 unspecified atom stereocenters. The smallest absolute Gasteiger partial charge is 0.384 e. The Hall–Kier alpha value is -4.80. The van der Waals surface area contributed by atoms with Crippen LogP contribution in [0.25, 0.3) is 16.8 Å². The van der Waals surface area contributed by atoms with Gasteiger partial charge in [0, 0.05) is 16.7 Å². The van der Waals surface area contributed by atoms with Gasteiger partial charge in [-0.1, -0.05) is 66.2 Å². The molecule has 0 saturated heterocycles. The number of nitrogens with one attached hydrogen (secondary N) is 3. The normalized spacial score (nSPS) is 16.8. The molecule has 1 aliphatic heterocycles. The van der Waals surface area contributed by atoms with Crippen LogP contribution in [-0.2, 0) is 26.0 Å². The topological polar surface area (TPSA) is 178 Å². The van der Waals surface area contributed by atoms with E-state index < -0.39 is 42.5 Å². The van der Waals surface area contributed by atoms with Crippen LogP contribution in [-0.4, -0.2) is 51.5 Å². The third-order valence-corrected chi connectivity index (χ3v) is 8.46. The maximum atomic E-state index is 13.8. The zero-order chi connectivity index (χ0) is 31.0. The number of carbonyl (C=O) groups excluding carboxylic acids is 1. The number of hydroxylamine groups is 1. The quantitative estimate of drug-likeness (QED) is 0.167. The second-order valence-corrected chi connectivity index (χ2v) is 11.5. The van der Waals surface area contributed by atoms with Crippen molar-refractivity contribution in [2.75, 3.05) is 5.32 Å². The number of sulfone groups is 1. The number of hydrogen-bond donors (Lipinski definition) is 4. The Kier molecular flexibility index (Phi) is 7.68. The fourth-order valence-electron chi connectivity index (χ4n) is 4.29. The fourth-order valence-corrected chi connectivity index (χ4v) is 5.86. The Balaban J connectivity index is 1.59.